The van der Waals surface area contributed by atoms with Crippen molar-refractivity contribution in [2.45, 2.75) is 31.4 Å². The van der Waals surface area contributed by atoms with Crippen LogP contribution >= 0.6 is 0 Å². The van der Waals surface area contributed by atoms with E-state index >= 15 is 0 Å². The fourth-order valence-electron chi connectivity index (χ4n) is 2.92. The third-order valence-electron chi connectivity index (χ3n) is 4.25. The third-order valence-corrected chi connectivity index (χ3v) is 4.25. The molecule has 1 amide bonds. The lowest BCUT2D eigenvalue weighted by Gasteiger charge is -2.36. The zero-order valence-corrected chi connectivity index (χ0v) is 11.9. The number of benzene rings is 1. The molecule has 0 bridgehead atoms. The zero-order valence-electron chi connectivity index (χ0n) is 11.9. The second-order valence-corrected chi connectivity index (χ2v) is 5.84. The number of rotatable bonds is 4. The van der Waals surface area contributed by atoms with E-state index in [0.29, 0.717) is 31.2 Å². The van der Waals surface area contributed by atoms with Crippen molar-refractivity contribution in [1.82, 2.24) is 4.90 Å². The predicted octanol–water partition coefficient (Wildman–Crippen LogP) is 1.89. The summed E-state index contributed by atoms with van der Waals surface area (Å²) in [6, 6.07) is 5.92. The lowest BCUT2D eigenvalue weighted by Crippen LogP contribution is -2.50. The average Bonchev–Trinajstić information content (AvgIpc) is 3.32. The molecule has 21 heavy (non-hydrogen) atoms. The van der Waals surface area contributed by atoms with Crippen LogP contribution in [0.3, 0.4) is 0 Å². The number of ether oxygens (including phenoxy) is 1. The molecular weight excluding hydrogens is 273 g/mol. The maximum atomic E-state index is 13.2. The molecule has 1 aliphatic heterocycles. The molecule has 4 nitrogen and oxygen atoms in total. The van der Waals surface area contributed by atoms with E-state index in [1.165, 1.54) is 12.1 Å². The Morgan fingerprint density at radius 1 is 1.48 bits per heavy atom. The highest BCUT2D eigenvalue weighted by atomic mass is 19.1. The number of hydrogen-bond acceptors (Lipinski definition) is 3. The summed E-state index contributed by atoms with van der Waals surface area (Å²) in [6.45, 7) is 1.72. The standard InChI is InChI=1S/C16H20FNO3/c17-13-3-1-2-12(8-13)15(19)9-16(20)18-6-7-21-10-14(18)11-4-5-11/h1-3,8,11,14-15,19H,4-7,9-10H2. The molecule has 1 aromatic rings. The number of amides is 1. The minimum absolute atomic E-state index is 0.00727. The van der Waals surface area contributed by atoms with Crippen LogP contribution in [0.25, 0.3) is 0 Å². The van der Waals surface area contributed by atoms with E-state index in [9.17, 15) is 14.3 Å². The number of aliphatic hydroxyl groups is 1. The van der Waals surface area contributed by atoms with Gasteiger partial charge in [-0.2, -0.15) is 0 Å². The van der Waals surface area contributed by atoms with Crippen LogP contribution in [-0.2, 0) is 9.53 Å². The Hall–Kier alpha value is -1.46. The first-order valence-electron chi connectivity index (χ1n) is 7.46. The Bertz CT molecular complexity index is 518. The number of nitrogens with zero attached hydrogens (tertiary/aromatic N) is 1. The van der Waals surface area contributed by atoms with E-state index in [4.69, 9.17) is 4.74 Å². The minimum Gasteiger partial charge on any atom is -0.388 e. The van der Waals surface area contributed by atoms with Gasteiger partial charge in [-0.3, -0.25) is 4.79 Å². The minimum atomic E-state index is -0.962. The molecule has 2 fully saturated rings. The molecule has 114 valence electrons. The van der Waals surface area contributed by atoms with Crippen molar-refractivity contribution in [2.75, 3.05) is 19.8 Å². The summed E-state index contributed by atoms with van der Waals surface area (Å²) in [7, 11) is 0. The van der Waals surface area contributed by atoms with Gasteiger partial charge in [0.25, 0.3) is 0 Å². The van der Waals surface area contributed by atoms with Crippen LogP contribution in [0.5, 0.6) is 0 Å². The van der Waals surface area contributed by atoms with E-state index in [2.05, 4.69) is 0 Å². The SMILES string of the molecule is O=C(CC(O)c1cccc(F)c1)N1CCOCC1C1CC1. The smallest absolute Gasteiger partial charge is 0.225 e. The van der Waals surface area contributed by atoms with Crippen molar-refractivity contribution in [3.8, 4) is 0 Å². The highest BCUT2D eigenvalue weighted by Crippen LogP contribution is 2.37. The summed E-state index contributed by atoms with van der Waals surface area (Å²) in [5, 5.41) is 10.1. The van der Waals surface area contributed by atoms with Crippen molar-refractivity contribution in [3.63, 3.8) is 0 Å². The Kier molecular flexibility index (Phi) is 4.22. The second kappa shape index (κ2) is 6.12. The van der Waals surface area contributed by atoms with Gasteiger partial charge in [0.1, 0.15) is 5.82 Å². The molecule has 3 rings (SSSR count). The van der Waals surface area contributed by atoms with Crippen LogP contribution in [0.4, 0.5) is 4.39 Å². The van der Waals surface area contributed by atoms with E-state index in [0.717, 1.165) is 12.8 Å². The number of morpholine rings is 1. The molecule has 0 aromatic heterocycles. The first kappa shape index (κ1) is 14.5. The summed E-state index contributed by atoms with van der Waals surface area (Å²) in [4.78, 5) is 14.3. The molecule has 0 radical (unpaired) electrons. The van der Waals surface area contributed by atoms with Gasteiger partial charge < -0.3 is 14.7 Å². The van der Waals surface area contributed by atoms with Gasteiger partial charge in [0, 0.05) is 6.54 Å². The maximum Gasteiger partial charge on any atom is 0.225 e. The Morgan fingerprint density at radius 3 is 3.00 bits per heavy atom. The summed E-state index contributed by atoms with van der Waals surface area (Å²) in [5.41, 5.74) is 0.444. The molecule has 1 aromatic carbocycles. The van der Waals surface area contributed by atoms with Crippen molar-refractivity contribution in [2.24, 2.45) is 5.92 Å². The molecule has 1 saturated heterocycles. The highest BCUT2D eigenvalue weighted by Gasteiger charge is 2.39. The topological polar surface area (TPSA) is 49.8 Å². The molecule has 1 heterocycles. The van der Waals surface area contributed by atoms with E-state index < -0.39 is 11.9 Å². The molecular formula is C16H20FNO3. The monoisotopic (exact) mass is 293 g/mol. The van der Waals surface area contributed by atoms with Gasteiger partial charge in [-0.05, 0) is 36.5 Å². The lowest BCUT2D eigenvalue weighted by atomic mass is 10.0. The van der Waals surface area contributed by atoms with Crippen LogP contribution in [-0.4, -0.2) is 41.7 Å². The Morgan fingerprint density at radius 2 is 2.29 bits per heavy atom. The van der Waals surface area contributed by atoms with Gasteiger partial charge in [0.15, 0.2) is 0 Å². The molecule has 1 N–H and O–H groups in total. The van der Waals surface area contributed by atoms with Crippen LogP contribution in [0.2, 0.25) is 0 Å². The van der Waals surface area contributed by atoms with Crippen molar-refractivity contribution >= 4 is 5.91 Å². The fraction of sp³-hybridized carbons (Fsp3) is 0.562. The van der Waals surface area contributed by atoms with E-state index in [1.54, 1.807) is 12.1 Å². The molecule has 5 heteroatoms. The first-order chi connectivity index (χ1) is 10.1. The van der Waals surface area contributed by atoms with E-state index in [1.807, 2.05) is 4.90 Å². The van der Waals surface area contributed by atoms with Crippen molar-refractivity contribution < 1.29 is 19.0 Å². The van der Waals surface area contributed by atoms with Gasteiger partial charge >= 0.3 is 0 Å². The van der Waals surface area contributed by atoms with Gasteiger partial charge in [0.05, 0.1) is 31.8 Å². The van der Waals surface area contributed by atoms with Gasteiger partial charge in [-0.25, -0.2) is 4.39 Å². The van der Waals surface area contributed by atoms with Crippen LogP contribution in [0.15, 0.2) is 24.3 Å². The number of halogens is 1. The molecule has 2 atom stereocenters. The van der Waals surface area contributed by atoms with Crippen LogP contribution < -0.4 is 0 Å². The van der Waals surface area contributed by atoms with Crippen LogP contribution in [0, 0.1) is 11.7 Å². The van der Waals surface area contributed by atoms with Gasteiger partial charge in [-0.1, -0.05) is 12.1 Å². The summed E-state index contributed by atoms with van der Waals surface area (Å²) < 4.78 is 18.6. The highest BCUT2D eigenvalue weighted by molar-refractivity contribution is 5.77. The molecule has 2 unspecified atom stereocenters. The first-order valence-corrected chi connectivity index (χ1v) is 7.46. The van der Waals surface area contributed by atoms with Gasteiger partial charge in [0.2, 0.25) is 5.91 Å². The van der Waals surface area contributed by atoms with E-state index in [-0.39, 0.29) is 18.4 Å². The molecule has 0 spiro atoms. The molecule has 2 aliphatic rings. The maximum absolute atomic E-state index is 13.2. The van der Waals surface area contributed by atoms with Crippen molar-refractivity contribution in [1.29, 1.82) is 0 Å². The summed E-state index contributed by atoms with van der Waals surface area (Å²) in [5.74, 6) is 0.0637. The number of hydrogen-bond donors (Lipinski definition) is 1. The fourth-order valence-corrected chi connectivity index (χ4v) is 2.92. The second-order valence-electron chi connectivity index (χ2n) is 5.84. The molecule has 1 saturated carbocycles. The Labute approximate surface area is 123 Å². The average molecular weight is 293 g/mol. The number of aliphatic hydroxyl groups excluding tert-OH is 1. The van der Waals surface area contributed by atoms with Crippen molar-refractivity contribution in [3.05, 3.63) is 35.6 Å². The van der Waals surface area contributed by atoms with Gasteiger partial charge in [-0.15, -0.1) is 0 Å². The Balaban J connectivity index is 1.64. The third kappa shape index (κ3) is 3.41. The number of carbonyl (C=O) groups is 1. The normalized spacial score (nSPS) is 23.9. The van der Waals surface area contributed by atoms with Crippen LogP contribution in [0.1, 0.15) is 30.9 Å². The quantitative estimate of drug-likeness (QED) is 0.922. The number of carbonyl (C=O) groups excluding carboxylic acids is 1. The predicted molar refractivity (Wildman–Crippen MR) is 75.0 cm³/mol. The largest absolute Gasteiger partial charge is 0.388 e. The molecule has 1 aliphatic carbocycles. The summed E-state index contributed by atoms with van der Waals surface area (Å²) >= 11 is 0. The lowest BCUT2D eigenvalue weighted by molar-refractivity contribution is -0.143. The summed E-state index contributed by atoms with van der Waals surface area (Å²) in [6.07, 6.45) is 1.32. The zero-order chi connectivity index (χ0) is 14.8.